The molecule has 0 atom stereocenters. The molecule has 0 fully saturated rings. The number of halogens is 1. The van der Waals surface area contributed by atoms with Gasteiger partial charge < -0.3 is 9.84 Å². The molecule has 96 valence electrons. The average molecular weight is 251 g/mol. The standard InChI is InChI=1S/C13H14FNO3/c1-13(2,8-15)3-4-18-11-6-9(12(16)17)5-10(14)7-11/h5-7H,3-4H2,1-2H3,(H,16,17). The van der Waals surface area contributed by atoms with E-state index in [1.54, 1.807) is 13.8 Å². The van der Waals surface area contributed by atoms with E-state index < -0.39 is 17.2 Å². The molecule has 0 amide bonds. The van der Waals surface area contributed by atoms with Gasteiger partial charge >= 0.3 is 5.97 Å². The number of benzene rings is 1. The highest BCUT2D eigenvalue weighted by atomic mass is 19.1. The predicted octanol–water partition coefficient (Wildman–Crippen LogP) is 2.84. The minimum Gasteiger partial charge on any atom is -0.493 e. The summed E-state index contributed by atoms with van der Waals surface area (Å²) in [7, 11) is 0. The lowest BCUT2D eigenvalue weighted by Crippen LogP contribution is -2.13. The normalized spacial score (nSPS) is 10.8. The number of ether oxygens (including phenoxy) is 1. The zero-order valence-electron chi connectivity index (χ0n) is 10.2. The summed E-state index contributed by atoms with van der Waals surface area (Å²) in [4.78, 5) is 10.7. The molecule has 0 bridgehead atoms. The van der Waals surface area contributed by atoms with E-state index in [0.717, 1.165) is 12.1 Å². The van der Waals surface area contributed by atoms with E-state index in [1.165, 1.54) is 6.07 Å². The zero-order valence-corrected chi connectivity index (χ0v) is 10.2. The van der Waals surface area contributed by atoms with Crippen molar-refractivity contribution in [3.63, 3.8) is 0 Å². The van der Waals surface area contributed by atoms with Crippen molar-refractivity contribution in [2.75, 3.05) is 6.61 Å². The first-order chi connectivity index (χ1) is 8.34. The largest absolute Gasteiger partial charge is 0.493 e. The minimum absolute atomic E-state index is 0.154. The van der Waals surface area contributed by atoms with Crippen LogP contribution in [0.2, 0.25) is 0 Å². The Labute approximate surface area is 105 Å². The van der Waals surface area contributed by atoms with Crippen LogP contribution in [0.3, 0.4) is 0 Å². The van der Waals surface area contributed by atoms with Gasteiger partial charge in [-0.1, -0.05) is 0 Å². The third-order valence-corrected chi connectivity index (χ3v) is 2.42. The van der Waals surface area contributed by atoms with Crippen LogP contribution in [0.5, 0.6) is 5.75 Å². The third kappa shape index (κ3) is 4.06. The Balaban J connectivity index is 2.69. The number of hydrogen-bond acceptors (Lipinski definition) is 3. The van der Waals surface area contributed by atoms with Crippen LogP contribution in [-0.4, -0.2) is 17.7 Å². The molecule has 1 aromatic carbocycles. The summed E-state index contributed by atoms with van der Waals surface area (Å²) in [6, 6.07) is 5.42. The van der Waals surface area contributed by atoms with Crippen molar-refractivity contribution >= 4 is 5.97 Å². The number of nitrogens with zero attached hydrogens (tertiary/aromatic N) is 1. The highest BCUT2D eigenvalue weighted by molar-refractivity contribution is 5.88. The first-order valence-corrected chi connectivity index (χ1v) is 5.42. The molecule has 0 aromatic heterocycles. The van der Waals surface area contributed by atoms with Crippen molar-refractivity contribution in [2.45, 2.75) is 20.3 Å². The number of carbonyl (C=O) groups is 1. The quantitative estimate of drug-likeness (QED) is 0.873. The van der Waals surface area contributed by atoms with Gasteiger partial charge in [0, 0.05) is 6.07 Å². The Bertz CT molecular complexity index is 491. The van der Waals surface area contributed by atoms with Crippen molar-refractivity contribution in [3.8, 4) is 11.8 Å². The Morgan fingerprint density at radius 2 is 2.17 bits per heavy atom. The number of nitriles is 1. The lowest BCUT2D eigenvalue weighted by Gasteiger charge is -2.15. The van der Waals surface area contributed by atoms with Crippen LogP contribution in [0.1, 0.15) is 30.6 Å². The maximum absolute atomic E-state index is 13.1. The van der Waals surface area contributed by atoms with Crippen molar-refractivity contribution in [1.29, 1.82) is 5.26 Å². The van der Waals surface area contributed by atoms with Crippen molar-refractivity contribution in [2.24, 2.45) is 5.41 Å². The maximum atomic E-state index is 13.1. The molecule has 0 heterocycles. The van der Waals surface area contributed by atoms with Crippen LogP contribution in [0.4, 0.5) is 4.39 Å². The lowest BCUT2D eigenvalue weighted by molar-refractivity contribution is 0.0695. The second-order valence-electron chi connectivity index (χ2n) is 4.57. The SMILES string of the molecule is CC(C)(C#N)CCOc1cc(F)cc(C(=O)O)c1. The van der Waals surface area contributed by atoms with Gasteiger partial charge in [0.15, 0.2) is 0 Å². The van der Waals surface area contributed by atoms with Crippen molar-refractivity contribution in [3.05, 3.63) is 29.6 Å². The van der Waals surface area contributed by atoms with E-state index in [-0.39, 0.29) is 17.9 Å². The third-order valence-electron chi connectivity index (χ3n) is 2.42. The molecule has 0 aliphatic carbocycles. The van der Waals surface area contributed by atoms with E-state index >= 15 is 0 Å². The Hall–Kier alpha value is -2.09. The molecule has 0 saturated heterocycles. The highest BCUT2D eigenvalue weighted by Gasteiger charge is 2.16. The topological polar surface area (TPSA) is 70.3 Å². The minimum atomic E-state index is -1.21. The summed E-state index contributed by atoms with van der Waals surface area (Å²) in [6.45, 7) is 3.76. The summed E-state index contributed by atoms with van der Waals surface area (Å²) >= 11 is 0. The van der Waals surface area contributed by atoms with Gasteiger partial charge in [-0.05, 0) is 32.4 Å². The zero-order chi connectivity index (χ0) is 13.8. The van der Waals surface area contributed by atoms with Crippen LogP contribution in [-0.2, 0) is 0 Å². The summed E-state index contributed by atoms with van der Waals surface area (Å²) in [5, 5.41) is 17.6. The average Bonchev–Trinajstić information content (AvgIpc) is 2.28. The molecule has 0 saturated carbocycles. The molecule has 1 N–H and O–H groups in total. The Morgan fingerprint density at radius 1 is 1.50 bits per heavy atom. The Kier molecular flexibility index (Phi) is 4.27. The molecule has 0 unspecified atom stereocenters. The molecule has 1 aromatic rings. The fourth-order valence-electron chi connectivity index (χ4n) is 1.25. The van der Waals surface area contributed by atoms with Gasteiger partial charge in [0.25, 0.3) is 0 Å². The molecule has 0 aliphatic rings. The molecule has 4 nitrogen and oxygen atoms in total. The summed E-state index contributed by atoms with van der Waals surface area (Å²) in [5.41, 5.74) is -0.687. The van der Waals surface area contributed by atoms with E-state index in [1.807, 2.05) is 0 Å². The van der Waals surface area contributed by atoms with Gasteiger partial charge in [0.05, 0.1) is 23.7 Å². The number of rotatable bonds is 5. The van der Waals surface area contributed by atoms with Gasteiger partial charge in [-0.2, -0.15) is 5.26 Å². The van der Waals surface area contributed by atoms with Crippen molar-refractivity contribution in [1.82, 2.24) is 0 Å². The second-order valence-corrected chi connectivity index (χ2v) is 4.57. The monoisotopic (exact) mass is 251 g/mol. The summed E-state index contributed by atoms with van der Waals surface area (Å²) < 4.78 is 18.4. The van der Waals surface area contributed by atoms with Crippen molar-refractivity contribution < 1.29 is 19.0 Å². The van der Waals surface area contributed by atoms with Crippen LogP contribution in [0, 0.1) is 22.6 Å². The van der Waals surface area contributed by atoms with E-state index in [9.17, 15) is 9.18 Å². The van der Waals surface area contributed by atoms with Gasteiger partial charge in [0.2, 0.25) is 0 Å². The first kappa shape index (κ1) is 14.0. The van der Waals surface area contributed by atoms with E-state index in [0.29, 0.717) is 6.42 Å². The van der Waals surface area contributed by atoms with Crippen LogP contribution < -0.4 is 4.74 Å². The number of carboxylic acids is 1. The van der Waals surface area contributed by atoms with Gasteiger partial charge in [0.1, 0.15) is 11.6 Å². The molecule has 0 aliphatic heterocycles. The molecule has 18 heavy (non-hydrogen) atoms. The first-order valence-electron chi connectivity index (χ1n) is 5.42. The molecule has 0 spiro atoms. The molecular formula is C13H14FNO3. The lowest BCUT2D eigenvalue weighted by atomic mass is 9.92. The van der Waals surface area contributed by atoms with Gasteiger partial charge in [-0.25, -0.2) is 9.18 Å². The van der Waals surface area contributed by atoms with Crippen LogP contribution in [0.25, 0.3) is 0 Å². The summed E-state index contributed by atoms with van der Waals surface area (Å²) in [6.07, 6.45) is 0.475. The van der Waals surface area contributed by atoms with Gasteiger partial charge in [-0.15, -0.1) is 0 Å². The summed E-state index contributed by atoms with van der Waals surface area (Å²) in [5.74, 6) is -1.72. The van der Waals surface area contributed by atoms with E-state index in [2.05, 4.69) is 6.07 Å². The Morgan fingerprint density at radius 3 is 2.72 bits per heavy atom. The fraction of sp³-hybridized carbons (Fsp3) is 0.385. The highest BCUT2D eigenvalue weighted by Crippen LogP contribution is 2.21. The molecule has 0 radical (unpaired) electrons. The number of aromatic carboxylic acids is 1. The maximum Gasteiger partial charge on any atom is 0.335 e. The number of hydrogen-bond donors (Lipinski definition) is 1. The smallest absolute Gasteiger partial charge is 0.335 e. The predicted molar refractivity (Wildman–Crippen MR) is 62.9 cm³/mol. The molecule has 5 heteroatoms. The molecular weight excluding hydrogens is 237 g/mol. The van der Waals surface area contributed by atoms with Crippen LogP contribution >= 0.6 is 0 Å². The van der Waals surface area contributed by atoms with Crippen LogP contribution in [0.15, 0.2) is 18.2 Å². The molecule has 1 rings (SSSR count). The second kappa shape index (κ2) is 5.50. The number of carboxylic acid groups (broad SMARTS) is 1. The van der Waals surface area contributed by atoms with Gasteiger partial charge in [-0.3, -0.25) is 0 Å². The van der Waals surface area contributed by atoms with E-state index in [4.69, 9.17) is 15.1 Å². The fourth-order valence-corrected chi connectivity index (χ4v) is 1.25.